The van der Waals surface area contributed by atoms with E-state index in [0.717, 1.165) is 26.1 Å². The third-order valence-electron chi connectivity index (χ3n) is 3.87. The molecular weight excluding hydrogens is 222 g/mol. The van der Waals surface area contributed by atoms with Gasteiger partial charge in [0.05, 0.1) is 0 Å². The van der Waals surface area contributed by atoms with Gasteiger partial charge in [-0.05, 0) is 31.6 Å². The molecule has 0 aliphatic carbocycles. The summed E-state index contributed by atoms with van der Waals surface area (Å²) in [6.45, 7) is 5.51. The van der Waals surface area contributed by atoms with E-state index in [-0.39, 0.29) is 0 Å². The first-order valence-corrected chi connectivity index (χ1v) is 6.92. The van der Waals surface area contributed by atoms with Gasteiger partial charge in [-0.1, -0.05) is 31.2 Å². The van der Waals surface area contributed by atoms with Crippen molar-refractivity contribution in [1.82, 2.24) is 15.5 Å². The largest absolute Gasteiger partial charge is 0.312 e. The van der Waals surface area contributed by atoms with E-state index in [0.29, 0.717) is 12.1 Å². The second-order valence-electron chi connectivity index (χ2n) is 5.18. The van der Waals surface area contributed by atoms with E-state index in [9.17, 15) is 0 Å². The topological polar surface area (TPSA) is 27.3 Å². The van der Waals surface area contributed by atoms with Crippen LogP contribution in [0, 0.1) is 0 Å². The summed E-state index contributed by atoms with van der Waals surface area (Å²) in [5, 5.41) is 7.08. The summed E-state index contributed by atoms with van der Waals surface area (Å²) in [4.78, 5) is 2.39. The van der Waals surface area contributed by atoms with Crippen LogP contribution in [0.1, 0.15) is 24.1 Å². The maximum Gasteiger partial charge on any atom is 0.0486 e. The molecule has 0 bridgehead atoms. The number of benzene rings is 1. The predicted molar refractivity (Wildman–Crippen MR) is 76.9 cm³/mol. The lowest BCUT2D eigenvalue weighted by molar-refractivity contribution is 0.210. The number of nitrogens with zero attached hydrogens (tertiary/aromatic N) is 1. The highest BCUT2D eigenvalue weighted by Crippen LogP contribution is 2.19. The van der Waals surface area contributed by atoms with Crippen LogP contribution < -0.4 is 10.6 Å². The van der Waals surface area contributed by atoms with Gasteiger partial charge in [0.25, 0.3) is 0 Å². The Kier molecular flexibility index (Phi) is 4.75. The van der Waals surface area contributed by atoms with Crippen molar-refractivity contribution in [3.63, 3.8) is 0 Å². The van der Waals surface area contributed by atoms with Crippen molar-refractivity contribution in [3.8, 4) is 0 Å². The molecule has 1 aliphatic rings. The number of piperazine rings is 1. The van der Waals surface area contributed by atoms with Crippen molar-refractivity contribution in [1.29, 1.82) is 0 Å². The van der Waals surface area contributed by atoms with Crippen molar-refractivity contribution < 1.29 is 0 Å². The van der Waals surface area contributed by atoms with E-state index >= 15 is 0 Å². The standard InChI is InChI=1S/C15H25N3/c1-4-12-5-7-13(8-6-12)15(16-2)14-11-18(3)10-9-17-14/h5-8,14-17H,4,9-11H2,1-3H3. The molecule has 3 heteroatoms. The van der Waals surface area contributed by atoms with Crippen LogP contribution in [0.25, 0.3) is 0 Å². The molecule has 18 heavy (non-hydrogen) atoms. The van der Waals surface area contributed by atoms with Crippen LogP contribution >= 0.6 is 0 Å². The summed E-state index contributed by atoms with van der Waals surface area (Å²) in [5.74, 6) is 0. The summed E-state index contributed by atoms with van der Waals surface area (Å²) in [6.07, 6.45) is 1.11. The average Bonchev–Trinajstić information content (AvgIpc) is 2.40. The smallest absolute Gasteiger partial charge is 0.0486 e. The van der Waals surface area contributed by atoms with Gasteiger partial charge in [-0.25, -0.2) is 0 Å². The van der Waals surface area contributed by atoms with Crippen LogP contribution in [0.15, 0.2) is 24.3 Å². The van der Waals surface area contributed by atoms with Crippen molar-refractivity contribution in [2.75, 3.05) is 33.7 Å². The van der Waals surface area contributed by atoms with E-state index in [4.69, 9.17) is 0 Å². The Hall–Kier alpha value is -0.900. The van der Waals surface area contributed by atoms with Crippen LogP contribution in [0.4, 0.5) is 0 Å². The van der Waals surface area contributed by atoms with Crippen molar-refractivity contribution >= 4 is 0 Å². The van der Waals surface area contributed by atoms with Gasteiger partial charge in [0.15, 0.2) is 0 Å². The molecule has 0 spiro atoms. The molecule has 1 fully saturated rings. The van der Waals surface area contributed by atoms with Gasteiger partial charge in [-0.2, -0.15) is 0 Å². The van der Waals surface area contributed by atoms with Gasteiger partial charge in [0.1, 0.15) is 0 Å². The van der Waals surface area contributed by atoms with Crippen LogP contribution in [0.2, 0.25) is 0 Å². The highest BCUT2D eigenvalue weighted by Gasteiger charge is 2.25. The molecule has 2 unspecified atom stereocenters. The Morgan fingerprint density at radius 1 is 1.39 bits per heavy atom. The quantitative estimate of drug-likeness (QED) is 0.842. The van der Waals surface area contributed by atoms with E-state index in [2.05, 4.69) is 60.8 Å². The molecule has 0 aromatic heterocycles. The maximum absolute atomic E-state index is 3.62. The molecule has 1 saturated heterocycles. The molecule has 0 amide bonds. The molecule has 2 N–H and O–H groups in total. The third-order valence-corrected chi connectivity index (χ3v) is 3.87. The summed E-state index contributed by atoms with van der Waals surface area (Å²) in [6, 6.07) is 9.88. The number of hydrogen-bond donors (Lipinski definition) is 2. The number of aryl methyl sites for hydroxylation is 1. The molecule has 2 atom stereocenters. The minimum Gasteiger partial charge on any atom is -0.312 e. The lowest BCUT2D eigenvalue weighted by Crippen LogP contribution is -2.54. The van der Waals surface area contributed by atoms with Crippen LogP contribution in [0.5, 0.6) is 0 Å². The lowest BCUT2D eigenvalue weighted by Gasteiger charge is -2.36. The third kappa shape index (κ3) is 3.10. The fourth-order valence-electron chi connectivity index (χ4n) is 2.72. The summed E-state index contributed by atoms with van der Waals surface area (Å²) in [7, 11) is 4.25. The second kappa shape index (κ2) is 6.32. The predicted octanol–water partition coefficient (Wildman–Crippen LogP) is 1.41. The molecule has 1 aromatic rings. The second-order valence-corrected chi connectivity index (χ2v) is 5.18. The molecule has 100 valence electrons. The Labute approximate surface area is 111 Å². The van der Waals surface area contributed by atoms with Gasteiger partial charge in [-0.15, -0.1) is 0 Å². The molecule has 2 rings (SSSR count). The lowest BCUT2D eigenvalue weighted by atomic mass is 9.96. The van der Waals surface area contributed by atoms with Gasteiger partial charge in [0.2, 0.25) is 0 Å². The van der Waals surface area contributed by atoms with Gasteiger partial charge in [-0.3, -0.25) is 0 Å². The first-order valence-electron chi connectivity index (χ1n) is 6.92. The van der Waals surface area contributed by atoms with Crippen LogP contribution in [0.3, 0.4) is 0 Å². The zero-order valence-corrected chi connectivity index (χ0v) is 11.7. The molecule has 1 aromatic carbocycles. The molecular formula is C15H25N3. The monoisotopic (exact) mass is 247 g/mol. The van der Waals surface area contributed by atoms with Gasteiger partial charge in [0, 0.05) is 31.7 Å². The van der Waals surface area contributed by atoms with E-state index in [1.807, 2.05) is 0 Å². The average molecular weight is 247 g/mol. The van der Waals surface area contributed by atoms with Crippen molar-refractivity contribution in [2.24, 2.45) is 0 Å². The van der Waals surface area contributed by atoms with Crippen LogP contribution in [-0.2, 0) is 6.42 Å². The Bertz CT molecular complexity index is 361. The number of likely N-dealkylation sites (N-methyl/N-ethyl adjacent to an activating group) is 2. The molecule has 0 saturated carbocycles. The van der Waals surface area contributed by atoms with E-state index < -0.39 is 0 Å². The molecule has 1 heterocycles. The fraction of sp³-hybridized carbons (Fsp3) is 0.600. The zero-order chi connectivity index (χ0) is 13.0. The Balaban J connectivity index is 2.11. The van der Waals surface area contributed by atoms with Gasteiger partial charge >= 0.3 is 0 Å². The first kappa shape index (κ1) is 13.5. The van der Waals surface area contributed by atoms with Crippen molar-refractivity contribution in [3.05, 3.63) is 35.4 Å². The van der Waals surface area contributed by atoms with Crippen molar-refractivity contribution in [2.45, 2.75) is 25.4 Å². The zero-order valence-electron chi connectivity index (χ0n) is 11.7. The number of hydrogen-bond acceptors (Lipinski definition) is 3. The molecule has 1 aliphatic heterocycles. The normalized spacial score (nSPS) is 22.9. The SMILES string of the molecule is CCc1ccc(C(NC)C2CN(C)CCN2)cc1. The number of nitrogens with one attached hydrogen (secondary N) is 2. The highest BCUT2D eigenvalue weighted by atomic mass is 15.2. The molecule has 3 nitrogen and oxygen atoms in total. The van der Waals surface area contributed by atoms with E-state index in [1.165, 1.54) is 11.1 Å². The van der Waals surface area contributed by atoms with E-state index in [1.54, 1.807) is 0 Å². The summed E-state index contributed by atoms with van der Waals surface area (Å²) in [5.41, 5.74) is 2.78. The number of rotatable bonds is 4. The Morgan fingerprint density at radius 3 is 2.67 bits per heavy atom. The minimum absolute atomic E-state index is 0.388. The maximum atomic E-state index is 3.62. The first-order chi connectivity index (χ1) is 8.74. The minimum atomic E-state index is 0.388. The Morgan fingerprint density at radius 2 is 2.11 bits per heavy atom. The summed E-state index contributed by atoms with van der Waals surface area (Å²) < 4.78 is 0. The van der Waals surface area contributed by atoms with Crippen LogP contribution in [-0.4, -0.2) is 44.7 Å². The highest BCUT2D eigenvalue weighted by molar-refractivity contribution is 5.26. The molecule has 0 radical (unpaired) electrons. The summed E-state index contributed by atoms with van der Waals surface area (Å²) >= 11 is 0. The fourth-order valence-corrected chi connectivity index (χ4v) is 2.72. The van der Waals surface area contributed by atoms with Gasteiger partial charge < -0.3 is 15.5 Å².